The summed E-state index contributed by atoms with van der Waals surface area (Å²) in [4.78, 5) is 14.8. The summed E-state index contributed by atoms with van der Waals surface area (Å²) < 4.78 is 11.8. The molecule has 2 aliphatic carbocycles. The molecule has 21 heavy (non-hydrogen) atoms. The van der Waals surface area contributed by atoms with Gasteiger partial charge >= 0.3 is 0 Å². The van der Waals surface area contributed by atoms with Crippen molar-refractivity contribution in [3.05, 3.63) is 0 Å². The lowest BCUT2D eigenvalue weighted by Crippen LogP contribution is -2.50. The summed E-state index contributed by atoms with van der Waals surface area (Å²) in [6.45, 7) is -0.104. The minimum atomic E-state index is -1.22. The maximum atomic E-state index is 12.7. The van der Waals surface area contributed by atoms with Crippen molar-refractivity contribution in [3.63, 3.8) is 0 Å². The van der Waals surface area contributed by atoms with Crippen LogP contribution in [0.1, 0.15) is 64.2 Å². The molecular weight excluding hydrogens is 286 g/mol. The van der Waals surface area contributed by atoms with Gasteiger partial charge in [-0.2, -0.15) is 0 Å². The van der Waals surface area contributed by atoms with E-state index in [1.54, 1.807) is 0 Å². The zero-order valence-corrected chi connectivity index (χ0v) is 13.8. The molecule has 5 heteroatoms. The molecule has 0 aliphatic heterocycles. The van der Waals surface area contributed by atoms with E-state index in [4.69, 9.17) is 5.11 Å². The van der Waals surface area contributed by atoms with Crippen LogP contribution in [-0.2, 0) is 15.6 Å². The van der Waals surface area contributed by atoms with E-state index in [0.717, 1.165) is 25.7 Å². The number of aliphatic hydroxyl groups excluding tert-OH is 1. The summed E-state index contributed by atoms with van der Waals surface area (Å²) in [6, 6.07) is 0.723. The van der Waals surface area contributed by atoms with Crippen LogP contribution < -0.4 is 0 Å². The number of hydrogen-bond acceptors (Lipinski definition) is 3. The number of hydrogen-bond donors (Lipinski definition) is 1. The lowest BCUT2D eigenvalue weighted by molar-refractivity contribution is -0.135. The number of amides is 1. The molecule has 0 bridgehead atoms. The molecule has 1 atom stereocenters. The van der Waals surface area contributed by atoms with Crippen molar-refractivity contribution in [2.75, 3.05) is 18.1 Å². The summed E-state index contributed by atoms with van der Waals surface area (Å²) in [7, 11) is -1.22. The fraction of sp³-hybridized carbons (Fsp3) is 0.938. The first-order valence-corrected chi connectivity index (χ1v) is 9.98. The fourth-order valence-electron chi connectivity index (χ4n) is 3.81. The largest absolute Gasteiger partial charge is 0.395 e. The molecule has 1 amide bonds. The standard InChI is InChI=1S/C16H29NO3S/c18-11-12-21(20)13-16(19)17(14-7-3-1-4-8-14)15-9-5-2-6-10-15/h14-15,18H,1-13H2. The van der Waals surface area contributed by atoms with Crippen LogP contribution in [0.5, 0.6) is 0 Å². The van der Waals surface area contributed by atoms with E-state index < -0.39 is 10.8 Å². The second-order valence-corrected chi connectivity index (χ2v) is 7.97. The van der Waals surface area contributed by atoms with Crippen molar-refractivity contribution >= 4 is 16.7 Å². The van der Waals surface area contributed by atoms with E-state index in [2.05, 4.69) is 4.90 Å². The minimum Gasteiger partial charge on any atom is -0.395 e. The molecule has 0 spiro atoms. The molecule has 0 saturated heterocycles. The predicted molar refractivity (Wildman–Crippen MR) is 85.6 cm³/mol. The molecule has 2 fully saturated rings. The average molecular weight is 315 g/mol. The van der Waals surface area contributed by atoms with Crippen molar-refractivity contribution in [2.24, 2.45) is 0 Å². The first kappa shape index (κ1) is 16.9. The van der Waals surface area contributed by atoms with Gasteiger partial charge in [-0.25, -0.2) is 0 Å². The Morgan fingerprint density at radius 1 is 0.952 bits per heavy atom. The summed E-state index contributed by atoms with van der Waals surface area (Å²) in [6.07, 6.45) is 11.8. The minimum absolute atomic E-state index is 0.0561. The monoisotopic (exact) mass is 315 g/mol. The Kier molecular flexibility index (Phi) is 7.17. The van der Waals surface area contributed by atoms with Crippen LogP contribution in [0.15, 0.2) is 0 Å². The molecule has 2 rings (SSSR count). The molecular formula is C16H29NO3S. The molecule has 0 radical (unpaired) electrons. The van der Waals surface area contributed by atoms with Crippen LogP contribution in [0.3, 0.4) is 0 Å². The van der Waals surface area contributed by atoms with Gasteiger partial charge in [0, 0.05) is 28.6 Å². The van der Waals surface area contributed by atoms with Crippen LogP contribution in [0, 0.1) is 0 Å². The number of rotatable bonds is 6. The average Bonchev–Trinajstić information content (AvgIpc) is 2.50. The number of nitrogens with zero attached hydrogens (tertiary/aromatic N) is 1. The van der Waals surface area contributed by atoms with Crippen molar-refractivity contribution in [1.29, 1.82) is 0 Å². The van der Waals surface area contributed by atoms with Gasteiger partial charge in [0.25, 0.3) is 0 Å². The summed E-state index contributed by atoms with van der Waals surface area (Å²) >= 11 is 0. The van der Waals surface area contributed by atoms with Crippen molar-refractivity contribution < 1.29 is 14.1 Å². The lowest BCUT2D eigenvalue weighted by Gasteiger charge is -2.41. The third-order valence-corrected chi connectivity index (χ3v) is 6.03. The van der Waals surface area contributed by atoms with E-state index in [9.17, 15) is 9.00 Å². The highest BCUT2D eigenvalue weighted by Crippen LogP contribution is 2.30. The Balaban J connectivity index is 2.02. The van der Waals surface area contributed by atoms with Gasteiger partial charge in [-0.3, -0.25) is 9.00 Å². The van der Waals surface area contributed by atoms with Gasteiger partial charge < -0.3 is 10.0 Å². The number of carbonyl (C=O) groups is 1. The molecule has 0 heterocycles. The van der Waals surface area contributed by atoms with Gasteiger partial charge in [-0.05, 0) is 25.7 Å². The zero-order chi connectivity index (χ0) is 15.1. The van der Waals surface area contributed by atoms with Crippen LogP contribution in [0.2, 0.25) is 0 Å². The number of aliphatic hydroxyl groups is 1. The Bertz CT molecular complexity index is 331. The van der Waals surface area contributed by atoms with Gasteiger partial charge in [0.2, 0.25) is 5.91 Å². The summed E-state index contributed by atoms with van der Waals surface area (Å²) in [5.74, 6) is 0.364. The van der Waals surface area contributed by atoms with Crippen LogP contribution in [-0.4, -0.2) is 50.3 Å². The highest BCUT2D eigenvalue weighted by Gasteiger charge is 2.32. The molecule has 4 nitrogen and oxygen atoms in total. The first-order chi connectivity index (χ1) is 10.2. The third kappa shape index (κ3) is 5.06. The molecule has 122 valence electrons. The van der Waals surface area contributed by atoms with Gasteiger partial charge in [-0.1, -0.05) is 38.5 Å². The fourth-order valence-corrected chi connectivity index (χ4v) is 4.58. The number of carbonyl (C=O) groups excluding carboxylic acids is 1. The molecule has 2 aliphatic rings. The van der Waals surface area contributed by atoms with E-state index in [-0.39, 0.29) is 24.0 Å². The van der Waals surface area contributed by atoms with Crippen molar-refractivity contribution in [3.8, 4) is 0 Å². The smallest absolute Gasteiger partial charge is 0.235 e. The van der Waals surface area contributed by atoms with E-state index in [1.165, 1.54) is 38.5 Å². The van der Waals surface area contributed by atoms with E-state index in [0.29, 0.717) is 12.1 Å². The van der Waals surface area contributed by atoms with Gasteiger partial charge in [0.15, 0.2) is 0 Å². The van der Waals surface area contributed by atoms with Crippen LogP contribution in [0.4, 0.5) is 0 Å². The quantitative estimate of drug-likeness (QED) is 0.817. The maximum Gasteiger partial charge on any atom is 0.235 e. The van der Waals surface area contributed by atoms with Gasteiger partial charge in [0.05, 0.1) is 6.61 Å². The molecule has 2 saturated carbocycles. The second-order valence-electron chi connectivity index (χ2n) is 6.40. The lowest BCUT2D eigenvalue weighted by atomic mass is 9.88. The maximum absolute atomic E-state index is 12.7. The van der Waals surface area contributed by atoms with Crippen LogP contribution in [0.25, 0.3) is 0 Å². The van der Waals surface area contributed by atoms with Crippen LogP contribution >= 0.6 is 0 Å². The SMILES string of the molecule is O=C(CS(=O)CCO)N(C1CCCCC1)C1CCCCC1. The van der Waals surface area contributed by atoms with Crippen molar-refractivity contribution in [2.45, 2.75) is 76.3 Å². The normalized spacial score (nSPS) is 22.9. The Morgan fingerprint density at radius 3 is 1.86 bits per heavy atom. The molecule has 0 aromatic carbocycles. The van der Waals surface area contributed by atoms with Gasteiger partial charge in [0.1, 0.15) is 5.75 Å². The Hall–Kier alpha value is -0.420. The van der Waals surface area contributed by atoms with E-state index >= 15 is 0 Å². The molecule has 0 aromatic rings. The first-order valence-electron chi connectivity index (χ1n) is 8.49. The highest BCUT2D eigenvalue weighted by molar-refractivity contribution is 7.85. The topological polar surface area (TPSA) is 57.6 Å². The summed E-state index contributed by atoms with van der Waals surface area (Å²) in [5.41, 5.74) is 0. The Labute approximate surface area is 130 Å². The molecule has 1 unspecified atom stereocenters. The highest BCUT2D eigenvalue weighted by atomic mass is 32.2. The van der Waals surface area contributed by atoms with E-state index in [1.807, 2.05) is 0 Å². The molecule has 1 N–H and O–H groups in total. The van der Waals surface area contributed by atoms with Crippen molar-refractivity contribution in [1.82, 2.24) is 4.90 Å². The third-order valence-electron chi connectivity index (χ3n) is 4.83. The summed E-state index contributed by atoms with van der Waals surface area (Å²) in [5, 5.41) is 8.87. The van der Waals surface area contributed by atoms with Gasteiger partial charge in [-0.15, -0.1) is 0 Å². The predicted octanol–water partition coefficient (Wildman–Crippen LogP) is 2.22. The zero-order valence-electron chi connectivity index (χ0n) is 13.0. The Morgan fingerprint density at radius 2 is 1.43 bits per heavy atom. The molecule has 0 aromatic heterocycles. The second kappa shape index (κ2) is 8.89.